The first-order valence-corrected chi connectivity index (χ1v) is 10.8. The molecule has 0 fully saturated rings. The summed E-state index contributed by atoms with van der Waals surface area (Å²) in [4.78, 5) is 45.7. The number of Topliss-reactive ketones (excluding diaryl/α,β-unsaturated/α-hetero) is 1. The molecule has 2 aromatic carbocycles. The quantitative estimate of drug-likeness (QED) is 0.325. The molecular weight excluding hydrogens is 418 g/mol. The highest BCUT2D eigenvalue weighted by Gasteiger charge is 2.27. The number of fused-ring (bicyclic) bond motifs is 3. The van der Waals surface area contributed by atoms with Crippen LogP contribution in [0.1, 0.15) is 47.3 Å². The highest BCUT2D eigenvalue weighted by atomic mass is 16.5. The third-order valence-electron chi connectivity index (χ3n) is 5.49. The number of benzene rings is 2. The van der Waals surface area contributed by atoms with Crippen molar-refractivity contribution in [1.82, 2.24) is 15.3 Å². The first-order valence-electron chi connectivity index (χ1n) is 10.8. The summed E-state index contributed by atoms with van der Waals surface area (Å²) in [6, 6.07) is 17.7. The van der Waals surface area contributed by atoms with Crippen molar-refractivity contribution in [3.8, 4) is 0 Å². The highest BCUT2D eigenvalue weighted by molar-refractivity contribution is 6.15. The van der Waals surface area contributed by atoms with Crippen LogP contribution in [0, 0.1) is 5.92 Å². The van der Waals surface area contributed by atoms with Crippen molar-refractivity contribution in [2.45, 2.75) is 33.4 Å². The minimum absolute atomic E-state index is 0.0685. The fourth-order valence-electron chi connectivity index (χ4n) is 3.75. The number of ketones is 1. The molecule has 0 saturated carbocycles. The van der Waals surface area contributed by atoms with Gasteiger partial charge in [0.25, 0.3) is 5.91 Å². The number of hydrogen-bond donors (Lipinski definition) is 2. The Morgan fingerprint density at radius 1 is 1.00 bits per heavy atom. The van der Waals surface area contributed by atoms with E-state index >= 15 is 0 Å². The summed E-state index contributed by atoms with van der Waals surface area (Å²) in [5.74, 6) is -1.53. The first kappa shape index (κ1) is 22.2. The van der Waals surface area contributed by atoms with Crippen LogP contribution in [0.25, 0.3) is 21.8 Å². The van der Waals surface area contributed by atoms with Crippen LogP contribution >= 0.6 is 0 Å². The van der Waals surface area contributed by atoms with Crippen LogP contribution in [-0.4, -0.2) is 33.7 Å². The topological polar surface area (TPSA) is 101 Å². The van der Waals surface area contributed by atoms with Crippen molar-refractivity contribution in [1.29, 1.82) is 0 Å². The van der Waals surface area contributed by atoms with Crippen LogP contribution in [0.2, 0.25) is 0 Å². The fraction of sp³-hybridized carbons (Fsp3) is 0.231. The first-order chi connectivity index (χ1) is 15.8. The SMILES string of the molecule is CC(=O)c1nc(C(=O)N[C@H](C(=O)OCc2ccccc2)C(C)C)cc2c1[nH]c1ccccc12. The van der Waals surface area contributed by atoms with Crippen LogP contribution in [0.15, 0.2) is 60.7 Å². The minimum atomic E-state index is -0.859. The number of aromatic nitrogens is 2. The van der Waals surface area contributed by atoms with Gasteiger partial charge in [-0.2, -0.15) is 0 Å². The van der Waals surface area contributed by atoms with Crippen LogP contribution < -0.4 is 5.32 Å². The van der Waals surface area contributed by atoms with E-state index in [1.807, 2.05) is 68.4 Å². The molecule has 0 radical (unpaired) electrons. The molecule has 2 aromatic heterocycles. The van der Waals surface area contributed by atoms with E-state index in [2.05, 4.69) is 15.3 Å². The van der Waals surface area contributed by atoms with Crippen molar-refractivity contribution < 1.29 is 19.1 Å². The number of carbonyl (C=O) groups excluding carboxylic acids is 3. The second kappa shape index (κ2) is 9.24. The van der Waals surface area contributed by atoms with Gasteiger partial charge in [0.15, 0.2) is 5.78 Å². The Hall–Kier alpha value is -4.00. The summed E-state index contributed by atoms with van der Waals surface area (Å²) in [6.45, 7) is 5.18. The van der Waals surface area contributed by atoms with Gasteiger partial charge in [0.05, 0.1) is 5.52 Å². The van der Waals surface area contributed by atoms with Crippen molar-refractivity contribution >= 4 is 39.5 Å². The second-order valence-electron chi connectivity index (χ2n) is 8.29. The van der Waals surface area contributed by atoms with Gasteiger partial charge in [-0.05, 0) is 23.6 Å². The lowest BCUT2D eigenvalue weighted by atomic mass is 10.0. The van der Waals surface area contributed by atoms with Gasteiger partial charge in [0.2, 0.25) is 0 Å². The number of nitrogens with one attached hydrogen (secondary N) is 2. The van der Waals surface area contributed by atoms with Crippen LogP contribution in [0.5, 0.6) is 0 Å². The Bertz CT molecular complexity index is 1340. The Balaban J connectivity index is 1.61. The third kappa shape index (κ3) is 4.62. The van der Waals surface area contributed by atoms with E-state index < -0.39 is 17.9 Å². The molecule has 0 aliphatic heterocycles. The van der Waals surface area contributed by atoms with Gasteiger partial charge in [-0.1, -0.05) is 62.4 Å². The monoisotopic (exact) mass is 443 g/mol. The molecule has 7 heteroatoms. The molecule has 168 valence electrons. The van der Waals surface area contributed by atoms with E-state index in [4.69, 9.17) is 4.74 Å². The summed E-state index contributed by atoms with van der Waals surface area (Å²) < 4.78 is 5.43. The molecule has 0 bridgehead atoms. The standard InChI is InChI=1S/C26H25N3O4/c1-15(2)22(26(32)33-14-17-9-5-4-6-10-17)29-25(31)21-13-19-18-11-7-8-12-20(18)27-24(19)23(28-21)16(3)30/h4-13,15,22,27H,14H2,1-3H3,(H,29,31)/t22-/m0/s1. The zero-order valence-electron chi connectivity index (χ0n) is 18.7. The number of amides is 1. The van der Waals surface area contributed by atoms with Crippen molar-refractivity contribution in [2.24, 2.45) is 5.92 Å². The zero-order valence-corrected chi connectivity index (χ0v) is 18.7. The van der Waals surface area contributed by atoms with Crippen molar-refractivity contribution in [3.63, 3.8) is 0 Å². The summed E-state index contributed by atoms with van der Waals surface area (Å²) >= 11 is 0. The van der Waals surface area contributed by atoms with E-state index in [9.17, 15) is 14.4 Å². The molecule has 0 aliphatic carbocycles. The Labute approximate surface area is 191 Å². The fourth-order valence-corrected chi connectivity index (χ4v) is 3.75. The zero-order chi connectivity index (χ0) is 23.5. The number of H-pyrrole nitrogens is 1. The molecule has 2 N–H and O–H groups in total. The molecule has 1 atom stereocenters. The lowest BCUT2D eigenvalue weighted by Gasteiger charge is -2.21. The number of hydrogen-bond acceptors (Lipinski definition) is 5. The number of nitrogens with zero attached hydrogens (tertiary/aromatic N) is 1. The summed E-state index contributed by atoms with van der Waals surface area (Å²) in [6.07, 6.45) is 0. The number of ether oxygens (including phenoxy) is 1. The molecule has 0 unspecified atom stereocenters. The number of carbonyl (C=O) groups is 3. The number of pyridine rings is 1. The maximum absolute atomic E-state index is 13.1. The van der Waals surface area contributed by atoms with Crippen LogP contribution in [0.3, 0.4) is 0 Å². The minimum Gasteiger partial charge on any atom is -0.459 e. The Kier molecular flexibility index (Phi) is 6.22. The van der Waals surface area contributed by atoms with Gasteiger partial charge in [0.1, 0.15) is 24.0 Å². The molecule has 7 nitrogen and oxygen atoms in total. The molecule has 1 amide bonds. The summed E-state index contributed by atoms with van der Waals surface area (Å²) in [5, 5.41) is 4.35. The molecule has 0 spiro atoms. The Morgan fingerprint density at radius 3 is 2.39 bits per heavy atom. The predicted molar refractivity (Wildman–Crippen MR) is 126 cm³/mol. The summed E-state index contributed by atoms with van der Waals surface area (Å²) in [7, 11) is 0. The van der Waals surface area contributed by atoms with Gasteiger partial charge in [-0.15, -0.1) is 0 Å². The number of esters is 1. The lowest BCUT2D eigenvalue weighted by molar-refractivity contribution is -0.148. The van der Waals surface area contributed by atoms with Crippen LogP contribution in [-0.2, 0) is 16.1 Å². The molecular formula is C26H25N3O4. The molecule has 33 heavy (non-hydrogen) atoms. The van der Waals surface area contributed by atoms with E-state index in [-0.39, 0.29) is 29.7 Å². The maximum Gasteiger partial charge on any atom is 0.329 e. The maximum atomic E-state index is 13.1. The molecule has 4 rings (SSSR count). The van der Waals surface area contributed by atoms with Gasteiger partial charge >= 0.3 is 5.97 Å². The normalized spacial score (nSPS) is 12.1. The lowest BCUT2D eigenvalue weighted by Crippen LogP contribution is -2.45. The molecule has 2 heterocycles. The smallest absolute Gasteiger partial charge is 0.329 e. The largest absolute Gasteiger partial charge is 0.459 e. The van der Waals surface area contributed by atoms with Crippen molar-refractivity contribution in [3.05, 3.63) is 77.6 Å². The number of para-hydroxylation sites is 1. The summed E-state index contributed by atoms with van der Waals surface area (Å²) in [5.41, 5.74) is 2.54. The Morgan fingerprint density at radius 2 is 1.70 bits per heavy atom. The average Bonchev–Trinajstić information content (AvgIpc) is 3.19. The van der Waals surface area contributed by atoms with Crippen molar-refractivity contribution in [2.75, 3.05) is 0 Å². The van der Waals surface area contributed by atoms with Crippen LogP contribution in [0.4, 0.5) is 0 Å². The third-order valence-corrected chi connectivity index (χ3v) is 5.49. The molecule has 0 saturated heterocycles. The van der Waals surface area contributed by atoms with Gasteiger partial charge < -0.3 is 15.0 Å². The van der Waals surface area contributed by atoms with E-state index in [0.29, 0.717) is 5.52 Å². The second-order valence-corrected chi connectivity index (χ2v) is 8.29. The van der Waals surface area contributed by atoms with Gasteiger partial charge in [-0.3, -0.25) is 9.59 Å². The molecule has 4 aromatic rings. The van der Waals surface area contributed by atoms with E-state index in [1.165, 1.54) is 6.92 Å². The van der Waals surface area contributed by atoms with Gasteiger partial charge in [0, 0.05) is 23.2 Å². The van der Waals surface area contributed by atoms with E-state index in [1.54, 1.807) is 6.07 Å². The average molecular weight is 444 g/mol. The van der Waals surface area contributed by atoms with Gasteiger partial charge in [-0.25, -0.2) is 9.78 Å². The number of aromatic amines is 1. The predicted octanol–water partition coefficient (Wildman–Crippen LogP) is 4.42. The number of rotatable bonds is 7. The highest BCUT2D eigenvalue weighted by Crippen LogP contribution is 2.28. The molecule has 0 aliphatic rings. The van der Waals surface area contributed by atoms with E-state index in [0.717, 1.165) is 21.9 Å².